The molecule has 2 aromatic rings. The fraction of sp³-hybridized carbons (Fsp3) is 0.400. The molecule has 0 bridgehead atoms. The van der Waals surface area contributed by atoms with Gasteiger partial charge in [0.2, 0.25) is 0 Å². The minimum atomic E-state index is -0.752. The average molecular weight is 456 g/mol. The first-order valence-corrected chi connectivity index (χ1v) is 11.0. The Bertz CT molecular complexity index is 955. The Morgan fingerprint density at radius 3 is 2.30 bits per heavy atom. The Labute approximate surface area is 195 Å². The summed E-state index contributed by atoms with van der Waals surface area (Å²) in [4.78, 5) is 25.3. The van der Waals surface area contributed by atoms with E-state index in [0.717, 1.165) is 5.56 Å². The number of carbonyl (C=O) groups excluding carboxylic acids is 2. The summed E-state index contributed by atoms with van der Waals surface area (Å²) in [7, 11) is 1.56. The van der Waals surface area contributed by atoms with Crippen LogP contribution in [0.2, 0.25) is 0 Å². The lowest BCUT2D eigenvalue weighted by Crippen LogP contribution is -2.48. The molecular weight excluding hydrogens is 422 g/mol. The molecule has 0 saturated heterocycles. The Hall–Kier alpha value is -3.55. The van der Waals surface area contributed by atoms with Crippen LogP contribution in [0, 0.1) is 5.92 Å². The second-order valence-electron chi connectivity index (χ2n) is 7.96. The van der Waals surface area contributed by atoms with Crippen molar-refractivity contribution in [2.75, 3.05) is 13.7 Å². The highest BCUT2D eigenvalue weighted by atomic mass is 16.5. The van der Waals surface area contributed by atoms with Gasteiger partial charge in [0.1, 0.15) is 11.8 Å². The van der Waals surface area contributed by atoms with Crippen molar-refractivity contribution in [1.29, 1.82) is 0 Å². The van der Waals surface area contributed by atoms with E-state index in [1.165, 1.54) is 6.21 Å². The quantitative estimate of drug-likeness (QED) is 0.397. The van der Waals surface area contributed by atoms with Gasteiger partial charge in [0.25, 0.3) is 11.8 Å². The largest absolute Gasteiger partial charge is 0.497 e. The third kappa shape index (κ3) is 7.82. The molecule has 0 saturated carbocycles. The van der Waals surface area contributed by atoms with Gasteiger partial charge in [-0.1, -0.05) is 13.8 Å². The Morgan fingerprint density at radius 2 is 1.73 bits per heavy atom. The van der Waals surface area contributed by atoms with E-state index in [1.807, 2.05) is 40.7 Å². The number of methoxy groups -OCH3 is 1. The van der Waals surface area contributed by atoms with Gasteiger partial charge in [-0.3, -0.25) is 9.59 Å². The summed E-state index contributed by atoms with van der Waals surface area (Å²) in [6, 6.07) is 11.3. The van der Waals surface area contributed by atoms with Crippen molar-refractivity contribution >= 4 is 18.0 Å². The highest BCUT2D eigenvalue weighted by Crippen LogP contribution is 2.29. The molecule has 1 atom stereocenters. The fourth-order valence-corrected chi connectivity index (χ4v) is 2.97. The molecule has 0 spiro atoms. The first-order chi connectivity index (χ1) is 15.7. The molecule has 0 aliphatic heterocycles. The van der Waals surface area contributed by atoms with Crippen LogP contribution in [0.3, 0.4) is 0 Å². The lowest BCUT2D eigenvalue weighted by atomic mass is 10.0. The third-order valence-corrected chi connectivity index (χ3v) is 4.61. The highest BCUT2D eigenvalue weighted by Gasteiger charge is 2.24. The molecule has 0 aromatic heterocycles. The molecule has 1 unspecified atom stereocenters. The van der Waals surface area contributed by atoms with Crippen molar-refractivity contribution in [1.82, 2.24) is 10.7 Å². The van der Waals surface area contributed by atoms with Crippen molar-refractivity contribution in [2.45, 2.75) is 46.8 Å². The van der Waals surface area contributed by atoms with Gasteiger partial charge in [-0.05, 0) is 74.7 Å². The van der Waals surface area contributed by atoms with Crippen LogP contribution < -0.4 is 25.0 Å². The van der Waals surface area contributed by atoms with E-state index < -0.39 is 11.9 Å². The predicted molar refractivity (Wildman–Crippen MR) is 128 cm³/mol. The smallest absolute Gasteiger partial charge is 0.262 e. The standard InChI is InChI=1S/C25H33N3O5/c1-7-32-22-14-18(8-13-21(22)33-17(4)5)15-26-28-25(30)23(16(2)3)27-24(29)19-9-11-20(31-6)12-10-19/h8-17,23H,7H2,1-6H3,(H,27,29)(H,28,30). The molecule has 8 heteroatoms. The zero-order chi connectivity index (χ0) is 24.4. The van der Waals surface area contributed by atoms with E-state index >= 15 is 0 Å². The van der Waals surface area contributed by atoms with Crippen molar-refractivity contribution < 1.29 is 23.8 Å². The molecule has 0 aliphatic carbocycles. The molecule has 2 aromatic carbocycles. The van der Waals surface area contributed by atoms with Crippen LogP contribution >= 0.6 is 0 Å². The number of benzene rings is 2. The molecular formula is C25H33N3O5. The second-order valence-corrected chi connectivity index (χ2v) is 7.96. The summed E-state index contributed by atoms with van der Waals surface area (Å²) in [5.74, 6) is 1.00. The number of carbonyl (C=O) groups is 2. The molecule has 0 fully saturated rings. The number of hydrazone groups is 1. The van der Waals surface area contributed by atoms with Crippen molar-refractivity contribution in [3.8, 4) is 17.2 Å². The van der Waals surface area contributed by atoms with E-state index in [9.17, 15) is 9.59 Å². The zero-order valence-corrected chi connectivity index (χ0v) is 20.0. The molecule has 33 heavy (non-hydrogen) atoms. The van der Waals surface area contributed by atoms with Crippen LogP contribution in [-0.2, 0) is 4.79 Å². The van der Waals surface area contributed by atoms with Gasteiger partial charge < -0.3 is 19.5 Å². The minimum Gasteiger partial charge on any atom is -0.497 e. The van der Waals surface area contributed by atoms with Gasteiger partial charge in [0.15, 0.2) is 11.5 Å². The van der Waals surface area contributed by atoms with E-state index in [1.54, 1.807) is 43.5 Å². The monoisotopic (exact) mass is 455 g/mol. The molecule has 0 heterocycles. The lowest BCUT2D eigenvalue weighted by Gasteiger charge is -2.20. The lowest BCUT2D eigenvalue weighted by molar-refractivity contribution is -0.123. The third-order valence-electron chi connectivity index (χ3n) is 4.61. The Kier molecular flexibility index (Phi) is 9.72. The summed E-state index contributed by atoms with van der Waals surface area (Å²) in [5, 5.41) is 6.82. The molecule has 2 rings (SSSR count). The molecule has 2 amide bonds. The molecule has 8 nitrogen and oxygen atoms in total. The summed E-state index contributed by atoms with van der Waals surface area (Å²) in [6.07, 6.45) is 1.53. The normalized spacial score (nSPS) is 12.0. The number of nitrogens with one attached hydrogen (secondary N) is 2. The molecule has 2 N–H and O–H groups in total. The predicted octanol–water partition coefficient (Wildman–Crippen LogP) is 3.79. The van der Waals surface area contributed by atoms with Gasteiger partial charge in [0.05, 0.1) is 26.0 Å². The maximum atomic E-state index is 12.7. The summed E-state index contributed by atoms with van der Waals surface area (Å²) in [6.45, 7) is 9.98. The summed E-state index contributed by atoms with van der Waals surface area (Å²) in [5.41, 5.74) is 3.68. The van der Waals surface area contributed by atoms with Gasteiger partial charge in [-0.2, -0.15) is 5.10 Å². The first kappa shape index (κ1) is 25.7. The van der Waals surface area contributed by atoms with Gasteiger partial charge in [-0.25, -0.2) is 5.43 Å². The van der Waals surface area contributed by atoms with Crippen LogP contribution in [0.5, 0.6) is 17.2 Å². The van der Waals surface area contributed by atoms with E-state index in [-0.39, 0.29) is 17.9 Å². The van der Waals surface area contributed by atoms with Gasteiger partial charge >= 0.3 is 0 Å². The second kappa shape index (κ2) is 12.5. The van der Waals surface area contributed by atoms with Crippen LogP contribution in [0.4, 0.5) is 0 Å². The SMILES string of the molecule is CCOc1cc(C=NNC(=O)C(NC(=O)c2ccc(OC)cc2)C(C)C)ccc1OC(C)C. The van der Waals surface area contributed by atoms with Crippen LogP contribution in [0.15, 0.2) is 47.6 Å². The number of amides is 2. The summed E-state index contributed by atoms with van der Waals surface area (Å²) < 4.78 is 16.5. The van der Waals surface area contributed by atoms with Crippen LogP contribution in [0.25, 0.3) is 0 Å². The van der Waals surface area contributed by atoms with Gasteiger partial charge in [-0.15, -0.1) is 0 Å². The minimum absolute atomic E-state index is 0.0177. The van der Waals surface area contributed by atoms with Crippen molar-refractivity contribution in [3.63, 3.8) is 0 Å². The fourth-order valence-electron chi connectivity index (χ4n) is 2.97. The van der Waals surface area contributed by atoms with Gasteiger partial charge in [0, 0.05) is 5.56 Å². The number of hydrogen-bond acceptors (Lipinski definition) is 6. The number of rotatable bonds is 11. The topological polar surface area (TPSA) is 98.2 Å². The van der Waals surface area contributed by atoms with E-state index in [2.05, 4.69) is 15.8 Å². The van der Waals surface area contributed by atoms with E-state index in [4.69, 9.17) is 14.2 Å². The van der Waals surface area contributed by atoms with E-state index in [0.29, 0.717) is 29.4 Å². The maximum absolute atomic E-state index is 12.7. The number of ether oxygens (including phenoxy) is 3. The zero-order valence-electron chi connectivity index (χ0n) is 20.0. The number of nitrogens with zero attached hydrogens (tertiary/aromatic N) is 1. The Morgan fingerprint density at radius 1 is 1.03 bits per heavy atom. The summed E-state index contributed by atoms with van der Waals surface area (Å²) >= 11 is 0. The van der Waals surface area contributed by atoms with Crippen molar-refractivity contribution in [2.24, 2.45) is 11.0 Å². The average Bonchev–Trinajstić information content (AvgIpc) is 2.78. The Balaban J connectivity index is 2.05. The van der Waals surface area contributed by atoms with Crippen LogP contribution in [-0.4, -0.2) is 43.9 Å². The molecule has 178 valence electrons. The van der Waals surface area contributed by atoms with Crippen molar-refractivity contribution in [3.05, 3.63) is 53.6 Å². The molecule has 0 aliphatic rings. The maximum Gasteiger partial charge on any atom is 0.262 e. The highest BCUT2D eigenvalue weighted by molar-refractivity contribution is 5.97. The number of hydrogen-bond donors (Lipinski definition) is 2. The first-order valence-electron chi connectivity index (χ1n) is 11.0. The van der Waals surface area contributed by atoms with Crippen LogP contribution in [0.1, 0.15) is 50.5 Å². The molecule has 0 radical (unpaired) electrons.